The van der Waals surface area contributed by atoms with Crippen molar-refractivity contribution in [3.8, 4) is 17.2 Å². The number of benzene rings is 2. The summed E-state index contributed by atoms with van der Waals surface area (Å²) in [4.78, 5) is 1.99. The Labute approximate surface area is 143 Å². The van der Waals surface area contributed by atoms with Crippen LogP contribution in [0.15, 0.2) is 42.5 Å². The molecule has 0 saturated carbocycles. The fourth-order valence-corrected chi connectivity index (χ4v) is 3.28. The number of phenols is 1. The minimum atomic E-state index is -0.0570. The Morgan fingerprint density at radius 2 is 1.91 bits per heavy atom. The smallest absolute Gasteiger partial charge is 0.156 e. The number of nitrogens with zero attached hydrogens (tertiary/aromatic N) is 1. The van der Waals surface area contributed by atoms with E-state index in [2.05, 4.69) is 6.08 Å². The molecule has 2 aliphatic rings. The average molecular weight is 350 g/mol. The van der Waals surface area contributed by atoms with Crippen LogP contribution < -0.4 is 9.64 Å². The van der Waals surface area contributed by atoms with Crippen molar-refractivity contribution in [2.45, 2.75) is 6.04 Å². The molecule has 0 saturated heterocycles. The Hall–Kier alpha value is -1.88. The fourth-order valence-electron chi connectivity index (χ4n) is 2.92. The number of anilines is 2. The lowest BCUT2D eigenvalue weighted by molar-refractivity contribution is 0.146. The summed E-state index contributed by atoms with van der Waals surface area (Å²) in [5, 5.41) is 11.4. The number of hydrogen-bond acceptors (Lipinski definition) is 4. The first kappa shape index (κ1) is 14.7. The lowest BCUT2D eigenvalue weighted by atomic mass is 10.1. The van der Waals surface area contributed by atoms with Crippen molar-refractivity contribution >= 4 is 34.6 Å². The first-order valence-corrected chi connectivity index (χ1v) is 7.92. The predicted molar refractivity (Wildman–Crippen MR) is 90.5 cm³/mol. The van der Waals surface area contributed by atoms with Crippen LogP contribution in [-0.4, -0.2) is 24.4 Å². The molecule has 1 unspecified atom stereocenters. The molecule has 23 heavy (non-hydrogen) atoms. The molecule has 0 radical (unpaired) electrons. The van der Waals surface area contributed by atoms with Crippen molar-refractivity contribution < 1.29 is 14.6 Å². The second-order valence-electron chi connectivity index (χ2n) is 5.39. The van der Waals surface area contributed by atoms with Crippen LogP contribution in [0.1, 0.15) is 0 Å². The first-order valence-electron chi connectivity index (χ1n) is 7.17. The molecule has 0 aliphatic carbocycles. The first-order chi connectivity index (χ1) is 11.1. The molecule has 1 N–H and O–H groups in total. The van der Waals surface area contributed by atoms with Crippen molar-refractivity contribution in [1.29, 1.82) is 0 Å². The number of hydrogen-bond donors (Lipinski definition) is 1. The minimum absolute atomic E-state index is 0.0570. The van der Waals surface area contributed by atoms with E-state index in [1.54, 1.807) is 18.2 Å². The maximum absolute atomic E-state index is 10.4. The number of halogens is 2. The van der Waals surface area contributed by atoms with Crippen LogP contribution in [0.5, 0.6) is 17.2 Å². The Morgan fingerprint density at radius 3 is 2.70 bits per heavy atom. The van der Waals surface area contributed by atoms with Crippen molar-refractivity contribution in [3.63, 3.8) is 0 Å². The molecular formula is C17H13Cl2NO3. The Kier molecular flexibility index (Phi) is 3.60. The SMILES string of the molecule is Oc1cc(Cl)cc2c1N(C1C=CCOC1)c1ccc(Cl)cc1O2. The summed E-state index contributed by atoms with van der Waals surface area (Å²) in [5.74, 6) is 1.17. The van der Waals surface area contributed by atoms with Crippen molar-refractivity contribution in [1.82, 2.24) is 0 Å². The van der Waals surface area contributed by atoms with Gasteiger partial charge in [0.1, 0.15) is 11.4 Å². The van der Waals surface area contributed by atoms with E-state index in [9.17, 15) is 5.11 Å². The van der Waals surface area contributed by atoms with Gasteiger partial charge in [0, 0.05) is 28.2 Å². The van der Waals surface area contributed by atoms with E-state index in [-0.39, 0.29) is 11.8 Å². The van der Waals surface area contributed by atoms with Crippen LogP contribution in [0.25, 0.3) is 0 Å². The van der Waals surface area contributed by atoms with Gasteiger partial charge >= 0.3 is 0 Å². The summed E-state index contributed by atoms with van der Waals surface area (Å²) >= 11 is 12.1. The van der Waals surface area contributed by atoms with Gasteiger partial charge in [-0.15, -0.1) is 0 Å². The zero-order valence-electron chi connectivity index (χ0n) is 12.0. The lowest BCUT2D eigenvalue weighted by Gasteiger charge is -2.38. The molecule has 0 aromatic heterocycles. The van der Waals surface area contributed by atoms with E-state index in [0.29, 0.717) is 40.4 Å². The molecule has 2 aliphatic heterocycles. The highest BCUT2D eigenvalue weighted by atomic mass is 35.5. The van der Waals surface area contributed by atoms with Crippen molar-refractivity contribution in [2.24, 2.45) is 0 Å². The normalized spacial score (nSPS) is 19.0. The molecular weight excluding hydrogens is 337 g/mol. The molecule has 0 spiro atoms. The van der Waals surface area contributed by atoms with E-state index < -0.39 is 0 Å². The second kappa shape index (κ2) is 5.64. The zero-order valence-corrected chi connectivity index (χ0v) is 13.5. The minimum Gasteiger partial charge on any atom is -0.506 e. The fraction of sp³-hybridized carbons (Fsp3) is 0.176. The highest BCUT2D eigenvalue weighted by Crippen LogP contribution is 2.53. The molecule has 2 aromatic rings. The van der Waals surface area contributed by atoms with Crippen molar-refractivity contribution in [3.05, 3.63) is 52.5 Å². The van der Waals surface area contributed by atoms with Crippen LogP contribution in [0, 0.1) is 0 Å². The third-order valence-electron chi connectivity index (χ3n) is 3.85. The molecule has 0 amide bonds. The molecule has 2 aromatic carbocycles. The third kappa shape index (κ3) is 2.53. The number of aromatic hydroxyl groups is 1. The van der Waals surface area contributed by atoms with E-state index in [0.717, 1.165) is 5.69 Å². The summed E-state index contributed by atoms with van der Waals surface area (Å²) in [7, 11) is 0. The van der Waals surface area contributed by atoms with Crippen LogP contribution in [0.4, 0.5) is 11.4 Å². The Morgan fingerprint density at radius 1 is 1.09 bits per heavy atom. The van der Waals surface area contributed by atoms with Gasteiger partial charge in [-0.05, 0) is 12.1 Å². The van der Waals surface area contributed by atoms with Crippen LogP contribution in [0.2, 0.25) is 10.0 Å². The number of ether oxygens (including phenoxy) is 2. The number of fused-ring (bicyclic) bond motifs is 2. The topological polar surface area (TPSA) is 41.9 Å². The Balaban J connectivity index is 1.93. The van der Waals surface area contributed by atoms with Gasteiger partial charge in [0.25, 0.3) is 0 Å². The number of phenolic OH excluding ortho intramolecular Hbond substituents is 1. The van der Waals surface area contributed by atoms with Crippen LogP contribution in [0.3, 0.4) is 0 Å². The maximum atomic E-state index is 10.4. The molecule has 6 heteroatoms. The van der Waals surface area contributed by atoms with E-state index in [1.807, 2.05) is 17.0 Å². The van der Waals surface area contributed by atoms with E-state index in [4.69, 9.17) is 32.7 Å². The summed E-state index contributed by atoms with van der Waals surface area (Å²) in [6, 6.07) is 8.54. The van der Waals surface area contributed by atoms with Gasteiger partial charge in [0.2, 0.25) is 0 Å². The summed E-state index contributed by atoms with van der Waals surface area (Å²) in [6.07, 6.45) is 4.02. The van der Waals surface area contributed by atoms with Gasteiger partial charge in [-0.1, -0.05) is 35.4 Å². The van der Waals surface area contributed by atoms with E-state index >= 15 is 0 Å². The molecule has 0 fully saturated rings. The monoisotopic (exact) mass is 349 g/mol. The predicted octanol–water partition coefficient (Wildman–Crippen LogP) is 4.90. The highest BCUT2D eigenvalue weighted by molar-refractivity contribution is 6.31. The molecule has 4 rings (SSSR count). The van der Waals surface area contributed by atoms with Gasteiger partial charge in [-0.2, -0.15) is 0 Å². The molecule has 118 valence electrons. The van der Waals surface area contributed by atoms with Crippen molar-refractivity contribution in [2.75, 3.05) is 18.1 Å². The summed E-state index contributed by atoms with van der Waals surface area (Å²) < 4.78 is 11.5. The summed E-state index contributed by atoms with van der Waals surface area (Å²) in [5.41, 5.74) is 1.39. The van der Waals surface area contributed by atoms with Gasteiger partial charge in [0.15, 0.2) is 11.5 Å². The number of rotatable bonds is 1. The second-order valence-corrected chi connectivity index (χ2v) is 6.26. The van der Waals surface area contributed by atoms with Crippen LogP contribution >= 0.6 is 23.2 Å². The average Bonchev–Trinajstić information content (AvgIpc) is 2.53. The molecule has 0 bridgehead atoms. The van der Waals surface area contributed by atoms with Gasteiger partial charge in [-0.3, -0.25) is 0 Å². The van der Waals surface area contributed by atoms with Gasteiger partial charge in [0.05, 0.1) is 24.9 Å². The molecule has 4 nitrogen and oxygen atoms in total. The molecule has 2 heterocycles. The van der Waals surface area contributed by atoms with Gasteiger partial charge in [-0.25, -0.2) is 0 Å². The quantitative estimate of drug-likeness (QED) is 0.743. The molecule has 1 atom stereocenters. The van der Waals surface area contributed by atoms with Crippen LogP contribution in [-0.2, 0) is 4.74 Å². The zero-order chi connectivity index (χ0) is 16.0. The standard InChI is InChI=1S/C17H13Cl2NO3/c18-10-3-4-13-15(7-10)23-16-8-11(19)6-14(21)17(16)20(13)12-2-1-5-22-9-12/h1-4,6-8,12,21H,5,9H2. The highest BCUT2D eigenvalue weighted by Gasteiger charge is 2.32. The lowest BCUT2D eigenvalue weighted by Crippen LogP contribution is -2.37. The summed E-state index contributed by atoms with van der Waals surface area (Å²) in [6.45, 7) is 1.11. The Bertz CT molecular complexity index is 807. The van der Waals surface area contributed by atoms with E-state index in [1.165, 1.54) is 6.07 Å². The maximum Gasteiger partial charge on any atom is 0.156 e. The third-order valence-corrected chi connectivity index (χ3v) is 4.31. The van der Waals surface area contributed by atoms with Gasteiger partial charge < -0.3 is 19.5 Å². The largest absolute Gasteiger partial charge is 0.506 e.